The summed E-state index contributed by atoms with van der Waals surface area (Å²) in [6, 6.07) is 9.79. The Morgan fingerprint density at radius 1 is 1.03 bits per heavy atom. The van der Waals surface area contributed by atoms with Crippen LogP contribution in [0.5, 0.6) is 0 Å². The van der Waals surface area contributed by atoms with Crippen LogP contribution in [0.1, 0.15) is 77.2 Å². The predicted molar refractivity (Wildman–Crippen MR) is 125 cm³/mol. The van der Waals surface area contributed by atoms with Crippen LogP contribution < -0.4 is 4.72 Å². The van der Waals surface area contributed by atoms with Gasteiger partial charge in [0.2, 0.25) is 15.8 Å². The fourth-order valence-corrected chi connectivity index (χ4v) is 5.97. The maximum atomic E-state index is 12.3. The van der Waals surface area contributed by atoms with Crippen molar-refractivity contribution in [2.75, 3.05) is 5.75 Å². The zero-order valence-corrected chi connectivity index (χ0v) is 19.9. The molecule has 0 unspecified atom stereocenters. The van der Waals surface area contributed by atoms with Crippen molar-refractivity contribution in [2.45, 2.75) is 84.1 Å². The zero-order valence-electron chi connectivity index (χ0n) is 19.1. The quantitative estimate of drug-likeness (QED) is 0.254. The van der Waals surface area contributed by atoms with E-state index in [2.05, 4.69) is 35.1 Å². The van der Waals surface area contributed by atoms with E-state index in [1.54, 1.807) is 0 Å². The van der Waals surface area contributed by atoms with E-state index in [1.807, 2.05) is 13.8 Å². The van der Waals surface area contributed by atoms with Crippen LogP contribution in [-0.2, 0) is 26.0 Å². The highest BCUT2D eigenvalue weighted by molar-refractivity contribution is 7.89. The van der Waals surface area contributed by atoms with E-state index in [9.17, 15) is 18.0 Å². The molecule has 0 spiro atoms. The second-order valence-electron chi connectivity index (χ2n) is 9.56. The molecule has 1 aliphatic carbocycles. The van der Waals surface area contributed by atoms with Crippen LogP contribution in [0.2, 0.25) is 0 Å². The van der Waals surface area contributed by atoms with Gasteiger partial charge in [-0.3, -0.25) is 9.59 Å². The van der Waals surface area contributed by atoms with Gasteiger partial charge in [-0.15, -0.1) is 0 Å². The Morgan fingerprint density at radius 3 is 2.29 bits per heavy atom. The Labute approximate surface area is 188 Å². The van der Waals surface area contributed by atoms with E-state index in [0.29, 0.717) is 12.8 Å². The third-order valence-corrected chi connectivity index (χ3v) is 7.82. The lowest BCUT2D eigenvalue weighted by atomic mass is 9.77. The minimum Gasteiger partial charge on any atom is -0.295 e. The molecule has 1 atom stereocenters. The van der Waals surface area contributed by atoms with Crippen LogP contribution in [0.4, 0.5) is 0 Å². The van der Waals surface area contributed by atoms with Gasteiger partial charge in [0.1, 0.15) is 0 Å². The molecule has 2 rings (SSSR count). The minimum absolute atomic E-state index is 0.0115. The first-order chi connectivity index (χ1) is 14.8. The number of sulfonamides is 1. The number of rotatable bonds is 14. The first-order valence-electron chi connectivity index (χ1n) is 11.8. The van der Waals surface area contributed by atoms with Crippen molar-refractivity contribution >= 4 is 22.1 Å². The molecule has 0 aliphatic heterocycles. The molecule has 0 radical (unpaired) electrons. The van der Waals surface area contributed by atoms with Gasteiger partial charge >= 0.3 is 0 Å². The van der Waals surface area contributed by atoms with Crippen LogP contribution in [0.15, 0.2) is 30.3 Å². The number of carbonyl (C=O) groups excluding carboxylic acids is 2. The van der Waals surface area contributed by atoms with Gasteiger partial charge in [0.15, 0.2) is 6.29 Å². The Bertz CT molecular complexity index is 768. The van der Waals surface area contributed by atoms with E-state index in [4.69, 9.17) is 0 Å². The topological polar surface area (TPSA) is 80.3 Å². The molecule has 5 nitrogen and oxygen atoms in total. The van der Waals surface area contributed by atoms with E-state index < -0.39 is 21.8 Å². The number of carbonyl (C=O) groups is 2. The van der Waals surface area contributed by atoms with Gasteiger partial charge in [-0.25, -0.2) is 13.1 Å². The molecule has 1 aromatic carbocycles. The second-order valence-corrected chi connectivity index (χ2v) is 11.4. The Morgan fingerprint density at radius 2 is 1.68 bits per heavy atom. The molecule has 1 aromatic rings. The van der Waals surface area contributed by atoms with Gasteiger partial charge in [0, 0.05) is 0 Å². The highest BCUT2D eigenvalue weighted by Crippen LogP contribution is 2.33. The average Bonchev–Trinajstić information content (AvgIpc) is 2.74. The summed E-state index contributed by atoms with van der Waals surface area (Å²) < 4.78 is 27.1. The monoisotopic (exact) mass is 449 g/mol. The molecule has 0 heterocycles. The third kappa shape index (κ3) is 10.1. The number of hydrogen-bond acceptors (Lipinski definition) is 4. The van der Waals surface area contributed by atoms with Gasteiger partial charge in [0.05, 0.1) is 11.8 Å². The smallest absolute Gasteiger partial charge is 0.213 e. The number of Topliss-reactive ketones (excluding diaryl/α,β-unsaturated/α-hetero) is 1. The summed E-state index contributed by atoms with van der Waals surface area (Å²) in [4.78, 5) is 22.5. The number of nitrogens with one attached hydrogen (secondary N) is 1. The molecule has 1 N–H and O–H groups in total. The van der Waals surface area contributed by atoms with Crippen LogP contribution in [0.25, 0.3) is 0 Å². The number of unbranched alkanes of at least 4 members (excludes halogenated alkanes) is 2. The van der Waals surface area contributed by atoms with E-state index >= 15 is 0 Å². The second kappa shape index (κ2) is 13.1. The first kappa shape index (κ1) is 25.7. The van der Waals surface area contributed by atoms with Crippen LogP contribution in [0, 0.1) is 17.8 Å². The fraction of sp³-hybridized carbons (Fsp3) is 0.680. The Hall–Kier alpha value is -1.53. The van der Waals surface area contributed by atoms with E-state index in [1.165, 1.54) is 44.1 Å². The van der Waals surface area contributed by atoms with Crippen LogP contribution in [-0.4, -0.2) is 32.3 Å². The molecule has 0 saturated heterocycles. The lowest BCUT2D eigenvalue weighted by Crippen LogP contribution is -2.43. The predicted octanol–water partition coefficient (Wildman–Crippen LogP) is 4.70. The summed E-state index contributed by atoms with van der Waals surface area (Å²) >= 11 is 0. The maximum Gasteiger partial charge on any atom is 0.213 e. The largest absolute Gasteiger partial charge is 0.295 e. The van der Waals surface area contributed by atoms with Gasteiger partial charge in [-0.05, 0) is 55.4 Å². The van der Waals surface area contributed by atoms with E-state index in [-0.39, 0.29) is 18.0 Å². The lowest BCUT2D eigenvalue weighted by molar-refractivity contribution is -0.131. The van der Waals surface area contributed by atoms with Crippen molar-refractivity contribution < 1.29 is 18.0 Å². The fourth-order valence-electron chi connectivity index (χ4n) is 4.63. The molecule has 174 valence electrons. The molecule has 1 saturated carbocycles. The Kier molecular flexibility index (Phi) is 10.9. The van der Waals surface area contributed by atoms with Crippen molar-refractivity contribution in [3.8, 4) is 0 Å². The summed E-state index contributed by atoms with van der Waals surface area (Å²) in [6.45, 7) is 3.79. The Balaban J connectivity index is 1.62. The van der Waals surface area contributed by atoms with Gasteiger partial charge in [0.25, 0.3) is 0 Å². The number of hydrogen-bond donors (Lipinski definition) is 1. The van der Waals surface area contributed by atoms with Gasteiger partial charge in [-0.1, -0.05) is 76.3 Å². The van der Waals surface area contributed by atoms with E-state index in [0.717, 1.165) is 24.7 Å². The molecule has 1 fully saturated rings. The molecule has 0 amide bonds. The minimum atomic E-state index is -3.55. The average molecular weight is 450 g/mol. The van der Waals surface area contributed by atoms with Crippen LogP contribution in [0.3, 0.4) is 0 Å². The molecule has 1 aliphatic rings. The van der Waals surface area contributed by atoms with Crippen LogP contribution >= 0.6 is 0 Å². The third-order valence-electron chi connectivity index (χ3n) is 6.35. The maximum absolute atomic E-state index is 12.3. The molecular formula is C25H39NO4S. The van der Waals surface area contributed by atoms with Crippen molar-refractivity contribution in [3.05, 3.63) is 35.9 Å². The molecular weight excluding hydrogens is 410 g/mol. The lowest BCUT2D eigenvalue weighted by Gasteiger charge is -2.28. The molecule has 0 aromatic heterocycles. The SMILES string of the molecule is CC(C)C[C@H](NS(=O)(=O)CCCCCC1CCC(Cc2ccccc2)CC1)C(=O)C=O. The molecule has 31 heavy (non-hydrogen) atoms. The van der Waals surface area contributed by atoms with Crippen molar-refractivity contribution in [3.63, 3.8) is 0 Å². The summed E-state index contributed by atoms with van der Waals surface area (Å²) in [6.07, 6.45) is 10.6. The summed E-state index contributed by atoms with van der Waals surface area (Å²) in [5.41, 5.74) is 1.44. The summed E-state index contributed by atoms with van der Waals surface area (Å²) in [5.74, 6) is 1.00. The highest BCUT2D eigenvalue weighted by Gasteiger charge is 2.25. The first-order valence-corrected chi connectivity index (χ1v) is 13.5. The number of aldehydes is 1. The molecule has 6 heteroatoms. The van der Waals surface area contributed by atoms with Crippen molar-refractivity contribution in [2.24, 2.45) is 17.8 Å². The van der Waals surface area contributed by atoms with Crippen molar-refractivity contribution in [1.82, 2.24) is 4.72 Å². The highest BCUT2D eigenvalue weighted by atomic mass is 32.2. The standard InChI is InChI=1S/C25H39NO4S/c1-20(2)17-24(25(28)19-27)26-31(29,30)16-8-4-7-9-21-12-14-23(15-13-21)18-22-10-5-3-6-11-22/h3,5-6,10-11,19-21,23-24,26H,4,7-9,12-18H2,1-2H3/t21?,23?,24-/m0/s1. The summed E-state index contributed by atoms with van der Waals surface area (Å²) in [7, 11) is -3.55. The van der Waals surface area contributed by atoms with Gasteiger partial charge in [-0.2, -0.15) is 0 Å². The molecule has 0 bridgehead atoms. The number of benzene rings is 1. The van der Waals surface area contributed by atoms with Crippen molar-refractivity contribution in [1.29, 1.82) is 0 Å². The zero-order chi connectivity index (χ0) is 22.7. The van der Waals surface area contributed by atoms with Gasteiger partial charge < -0.3 is 0 Å². The summed E-state index contributed by atoms with van der Waals surface area (Å²) in [5, 5.41) is 0. The normalized spacial score (nSPS) is 20.5. The number of ketones is 1.